The molecule has 2 aliphatic rings. The van der Waals surface area contributed by atoms with E-state index in [9.17, 15) is 4.79 Å². The van der Waals surface area contributed by atoms with Crippen LogP contribution in [0.4, 0.5) is 16.4 Å². The predicted octanol–water partition coefficient (Wildman–Crippen LogP) is 3.11. The summed E-state index contributed by atoms with van der Waals surface area (Å²) < 4.78 is 0. The fourth-order valence-electron chi connectivity index (χ4n) is 4.27. The number of piperazine rings is 1. The van der Waals surface area contributed by atoms with Crippen LogP contribution in [0.5, 0.6) is 0 Å². The first-order valence-corrected chi connectivity index (χ1v) is 10.1. The van der Waals surface area contributed by atoms with Gasteiger partial charge in [-0.15, -0.1) is 0 Å². The van der Waals surface area contributed by atoms with E-state index in [0.29, 0.717) is 12.0 Å². The van der Waals surface area contributed by atoms with Crippen molar-refractivity contribution in [3.8, 4) is 0 Å². The minimum atomic E-state index is -0.0530. The number of nitrogens with one attached hydrogen (secondary N) is 2. The number of aromatic nitrogens is 2. The molecule has 7 nitrogen and oxygen atoms in total. The molecule has 1 aliphatic heterocycles. The molecule has 0 spiro atoms. The number of benzene rings is 1. The highest BCUT2D eigenvalue weighted by molar-refractivity contribution is 5.90. The molecule has 1 aromatic carbocycles. The molecule has 1 saturated heterocycles. The lowest BCUT2D eigenvalue weighted by Gasteiger charge is -2.34. The van der Waals surface area contributed by atoms with Crippen molar-refractivity contribution in [1.82, 2.24) is 19.8 Å². The van der Waals surface area contributed by atoms with Crippen LogP contribution in [0.1, 0.15) is 32.6 Å². The molecule has 2 amide bonds. The molecule has 1 aliphatic carbocycles. The molecule has 2 heterocycles. The number of anilines is 2. The Balaban J connectivity index is 1.47. The fraction of sp³-hybridized carbons (Fsp3) is 0.600. The maximum absolute atomic E-state index is 12.7. The van der Waals surface area contributed by atoms with Gasteiger partial charge in [-0.3, -0.25) is 5.32 Å². The second-order valence-electron chi connectivity index (χ2n) is 7.73. The first kappa shape index (κ1) is 18.1. The molecule has 2 N–H and O–H groups in total. The van der Waals surface area contributed by atoms with E-state index in [2.05, 4.69) is 44.3 Å². The van der Waals surface area contributed by atoms with Gasteiger partial charge in [0.1, 0.15) is 0 Å². The van der Waals surface area contributed by atoms with Crippen molar-refractivity contribution in [3.05, 3.63) is 18.2 Å². The molecule has 0 unspecified atom stereocenters. The number of urea groups is 1. The van der Waals surface area contributed by atoms with Crippen LogP contribution in [-0.4, -0.2) is 71.6 Å². The lowest BCUT2D eigenvalue weighted by atomic mass is 10.2. The van der Waals surface area contributed by atoms with Crippen molar-refractivity contribution < 1.29 is 4.79 Å². The van der Waals surface area contributed by atoms with E-state index in [1.54, 1.807) is 0 Å². The Kier molecular flexibility index (Phi) is 5.20. The standard InChI is InChI=1S/C20H30N6O/c1-3-26(15-6-4-5-7-15)20(27)23-19-21-17-9-8-16(14-18(17)22-19)25-12-10-24(2)11-13-25/h8-9,14-15H,3-7,10-13H2,1-2H3,(H2,21,22,23,27). The zero-order valence-electron chi connectivity index (χ0n) is 16.4. The SMILES string of the molecule is CCN(C(=O)Nc1nc2ccc(N3CCN(C)CC3)cc2[nH]1)C1CCCC1. The number of H-pyrrole nitrogens is 1. The number of carbonyl (C=O) groups excluding carboxylic acids is 1. The first-order chi connectivity index (χ1) is 13.1. The quantitative estimate of drug-likeness (QED) is 0.868. The van der Waals surface area contributed by atoms with Gasteiger partial charge in [0, 0.05) is 44.5 Å². The van der Waals surface area contributed by atoms with Gasteiger partial charge in [-0.05, 0) is 45.0 Å². The van der Waals surface area contributed by atoms with Crippen LogP contribution in [0.15, 0.2) is 18.2 Å². The van der Waals surface area contributed by atoms with Crippen molar-refractivity contribution in [2.75, 3.05) is 50.0 Å². The third kappa shape index (κ3) is 3.88. The van der Waals surface area contributed by atoms with Crippen molar-refractivity contribution in [2.45, 2.75) is 38.6 Å². The monoisotopic (exact) mass is 370 g/mol. The molecule has 0 bridgehead atoms. The Morgan fingerprint density at radius 2 is 2.00 bits per heavy atom. The lowest BCUT2D eigenvalue weighted by Crippen LogP contribution is -2.44. The summed E-state index contributed by atoms with van der Waals surface area (Å²) in [6.45, 7) is 7.00. The summed E-state index contributed by atoms with van der Waals surface area (Å²) in [5.41, 5.74) is 3.05. The van der Waals surface area contributed by atoms with E-state index in [4.69, 9.17) is 0 Å². The number of fused-ring (bicyclic) bond motifs is 1. The van der Waals surface area contributed by atoms with E-state index < -0.39 is 0 Å². The van der Waals surface area contributed by atoms with E-state index in [1.165, 1.54) is 18.5 Å². The highest BCUT2D eigenvalue weighted by Crippen LogP contribution is 2.25. The van der Waals surface area contributed by atoms with Crippen molar-refractivity contribution >= 4 is 28.7 Å². The number of nitrogens with zero attached hydrogens (tertiary/aromatic N) is 4. The second-order valence-corrected chi connectivity index (χ2v) is 7.73. The minimum Gasteiger partial charge on any atom is -0.369 e. The van der Waals surface area contributed by atoms with Crippen molar-refractivity contribution in [1.29, 1.82) is 0 Å². The normalized spacial score (nSPS) is 19.0. The van der Waals surface area contributed by atoms with Gasteiger partial charge in [0.2, 0.25) is 5.95 Å². The average Bonchev–Trinajstić information content (AvgIpc) is 3.32. The average molecular weight is 371 g/mol. The molecule has 2 aromatic rings. The Bertz CT molecular complexity index is 789. The van der Waals surface area contributed by atoms with Gasteiger partial charge in [-0.2, -0.15) is 0 Å². The highest BCUT2D eigenvalue weighted by atomic mass is 16.2. The van der Waals surface area contributed by atoms with Gasteiger partial charge in [0.25, 0.3) is 0 Å². The van der Waals surface area contributed by atoms with E-state index in [1.807, 2.05) is 17.9 Å². The highest BCUT2D eigenvalue weighted by Gasteiger charge is 2.26. The van der Waals surface area contributed by atoms with E-state index >= 15 is 0 Å². The fourth-order valence-corrected chi connectivity index (χ4v) is 4.27. The van der Waals surface area contributed by atoms with Crippen molar-refractivity contribution in [2.24, 2.45) is 0 Å². The number of carbonyl (C=O) groups is 1. The van der Waals surface area contributed by atoms with Gasteiger partial charge < -0.3 is 19.7 Å². The zero-order chi connectivity index (χ0) is 18.8. The lowest BCUT2D eigenvalue weighted by molar-refractivity contribution is 0.192. The van der Waals surface area contributed by atoms with Crippen LogP contribution in [0.3, 0.4) is 0 Å². The maximum atomic E-state index is 12.7. The topological polar surface area (TPSA) is 67.5 Å². The predicted molar refractivity (Wildman–Crippen MR) is 109 cm³/mol. The molecule has 2 fully saturated rings. The summed E-state index contributed by atoms with van der Waals surface area (Å²) in [5.74, 6) is 0.530. The molecule has 7 heteroatoms. The third-order valence-electron chi connectivity index (χ3n) is 5.93. The molecule has 27 heavy (non-hydrogen) atoms. The summed E-state index contributed by atoms with van der Waals surface area (Å²) in [5, 5.41) is 2.96. The number of hydrogen-bond acceptors (Lipinski definition) is 4. The Labute approximate surface area is 160 Å². The number of hydrogen-bond donors (Lipinski definition) is 2. The second kappa shape index (κ2) is 7.76. The van der Waals surface area contributed by atoms with Gasteiger partial charge in [0.15, 0.2) is 0 Å². The molecule has 4 rings (SSSR count). The summed E-state index contributed by atoms with van der Waals surface area (Å²) in [7, 11) is 2.16. The largest absolute Gasteiger partial charge is 0.369 e. The van der Waals surface area contributed by atoms with Gasteiger partial charge in [-0.1, -0.05) is 12.8 Å². The number of rotatable bonds is 4. The van der Waals surface area contributed by atoms with Crippen LogP contribution in [-0.2, 0) is 0 Å². The molecular formula is C20H30N6O. The van der Waals surface area contributed by atoms with Crippen LogP contribution < -0.4 is 10.2 Å². The Morgan fingerprint density at radius 3 is 2.70 bits per heavy atom. The van der Waals surface area contributed by atoms with E-state index in [0.717, 1.165) is 56.6 Å². The number of likely N-dealkylation sites (N-methyl/N-ethyl adjacent to an activating group) is 1. The number of amides is 2. The van der Waals surface area contributed by atoms with Gasteiger partial charge >= 0.3 is 6.03 Å². The molecule has 1 saturated carbocycles. The number of aromatic amines is 1. The van der Waals surface area contributed by atoms with Gasteiger partial charge in [-0.25, -0.2) is 9.78 Å². The zero-order valence-corrected chi connectivity index (χ0v) is 16.4. The van der Waals surface area contributed by atoms with Crippen LogP contribution >= 0.6 is 0 Å². The molecule has 146 valence electrons. The van der Waals surface area contributed by atoms with Crippen molar-refractivity contribution in [3.63, 3.8) is 0 Å². The van der Waals surface area contributed by atoms with E-state index in [-0.39, 0.29) is 6.03 Å². The smallest absolute Gasteiger partial charge is 0.324 e. The first-order valence-electron chi connectivity index (χ1n) is 10.1. The third-order valence-corrected chi connectivity index (χ3v) is 5.93. The minimum absolute atomic E-state index is 0.0530. The van der Waals surface area contributed by atoms with Crippen LogP contribution in [0.25, 0.3) is 11.0 Å². The van der Waals surface area contributed by atoms with Crippen LogP contribution in [0, 0.1) is 0 Å². The summed E-state index contributed by atoms with van der Waals surface area (Å²) in [6.07, 6.45) is 4.65. The molecule has 0 atom stereocenters. The molecular weight excluding hydrogens is 340 g/mol. The summed E-state index contributed by atoms with van der Waals surface area (Å²) in [4.78, 5) is 27.2. The maximum Gasteiger partial charge on any atom is 0.324 e. The number of imidazole rings is 1. The Hall–Kier alpha value is -2.28. The summed E-state index contributed by atoms with van der Waals surface area (Å²) >= 11 is 0. The molecule has 1 aromatic heterocycles. The van der Waals surface area contributed by atoms with Gasteiger partial charge in [0.05, 0.1) is 11.0 Å². The van der Waals surface area contributed by atoms with Crippen LogP contribution in [0.2, 0.25) is 0 Å². The summed E-state index contributed by atoms with van der Waals surface area (Å²) in [6, 6.07) is 6.60. The molecule has 0 radical (unpaired) electrons. The Morgan fingerprint density at radius 1 is 1.26 bits per heavy atom.